The molecule has 2 bridgehead atoms. The largest absolute Gasteiger partial charge is 0.486 e. The van der Waals surface area contributed by atoms with Crippen LogP contribution < -0.4 is 19.7 Å². The highest BCUT2D eigenvalue weighted by Gasteiger charge is 2.37. The van der Waals surface area contributed by atoms with Crippen LogP contribution in [0.2, 0.25) is 0 Å². The van der Waals surface area contributed by atoms with Crippen molar-refractivity contribution in [1.82, 2.24) is 24.9 Å². The Morgan fingerprint density at radius 2 is 2.13 bits per heavy atom. The maximum absolute atomic E-state index is 14.1. The molecular formula is C21H23FN6O2. The maximum Gasteiger partial charge on any atom is 0.218 e. The summed E-state index contributed by atoms with van der Waals surface area (Å²) in [5, 5.41) is 7.74. The van der Waals surface area contributed by atoms with Crippen molar-refractivity contribution in [2.24, 2.45) is 0 Å². The van der Waals surface area contributed by atoms with Gasteiger partial charge in [0.05, 0.1) is 42.3 Å². The van der Waals surface area contributed by atoms with Crippen molar-refractivity contribution >= 4 is 17.2 Å². The van der Waals surface area contributed by atoms with Crippen molar-refractivity contribution in [2.45, 2.75) is 38.9 Å². The van der Waals surface area contributed by atoms with Crippen LogP contribution in [-0.4, -0.2) is 44.4 Å². The van der Waals surface area contributed by atoms with E-state index in [0.29, 0.717) is 54.1 Å². The molecule has 1 atom stereocenters. The Hall–Kier alpha value is -3.36. The van der Waals surface area contributed by atoms with E-state index >= 15 is 0 Å². The molecule has 5 heterocycles. The molecule has 0 radical (unpaired) electrons. The average molecular weight is 410 g/mol. The summed E-state index contributed by atoms with van der Waals surface area (Å²) in [5.74, 6) is 1.28. The summed E-state index contributed by atoms with van der Waals surface area (Å²) in [6.45, 7) is 11.4. The first-order chi connectivity index (χ1) is 14.3. The second-order valence-electron chi connectivity index (χ2n) is 8.40. The van der Waals surface area contributed by atoms with Crippen molar-refractivity contribution in [2.75, 3.05) is 18.1 Å². The van der Waals surface area contributed by atoms with Crippen LogP contribution in [-0.2, 0) is 6.54 Å². The Bertz CT molecular complexity index is 1160. The van der Waals surface area contributed by atoms with Crippen LogP contribution in [0.15, 0.2) is 31.2 Å². The topological polar surface area (TPSA) is 76.8 Å². The summed E-state index contributed by atoms with van der Waals surface area (Å²) in [6.07, 6.45) is 4.73. The number of fused-ring (bicyclic) bond motifs is 1. The van der Waals surface area contributed by atoms with Gasteiger partial charge in [0.15, 0.2) is 17.2 Å². The van der Waals surface area contributed by atoms with Gasteiger partial charge < -0.3 is 19.7 Å². The molecule has 2 aliphatic heterocycles. The van der Waals surface area contributed by atoms with E-state index in [1.807, 2.05) is 13.1 Å². The van der Waals surface area contributed by atoms with E-state index in [-0.39, 0.29) is 11.6 Å². The smallest absolute Gasteiger partial charge is 0.218 e. The third-order valence-electron chi connectivity index (χ3n) is 5.44. The molecule has 5 rings (SSSR count). The number of rotatable bonds is 0. The number of hydrogen-bond donors (Lipinski definition) is 1. The molecule has 156 valence electrons. The molecule has 0 saturated carbocycles. The second kappa shape index (κ2) is 6.58. The molecule has 3 aromatic rings. The molecule has 8 nitrogen and oxygen atoms in total. The number of pyridine rings is 1. The van der Waals surface area contributed by atoms with Crippen molar-refractivity contribution in [3.63, 3.8) is 0 Å². The zero-order valence-electron chi connectivity index (χ0n) is 17.1. The number of halogens is 1. The fourth-order valence-corrected chi connectivity index (χ4v) is 3.80. The number of nitrogens with zero attached hydrogens (tertiary/aromatic N) is 5. The summed E-state index contributed by atoms with van der Waals surface area (Å²) in [6, 6.07) is 1.41. The first kappa shape index (κ1) is 18.7. The summed E-state index contributed by atoms with van der Waals surface area (Å²) < 4.78 is 27.7. The normalized spacial score (nSPS) is 20.3. The summed E-state index contributed by atoms with van der Waals surface area (Å²) >= 11 is 0. The average Bonchev–Trinajstić information content (AvgIpc) is 3.10. The fraction of sp³-hybridized carbons (Fsp3) is 0.381. The molecule has 2 aliphatic rings. The fourth-order valence-electron chi connectivity index (χ4n) is 3.80. The molecule has 0 unspecified atom stereocenters. The van der Waals surface area contributed by atoms with Gasteiger partial charge in [-0.15, -0.1) is 0 Å². The standard InChI is InChI=1S/C21H23FN6O2/c1-12-10-29-20-14(5-15(22)6-23-20)8-27-19-17(30-11-21(27,3)4)9-28-18(26-19)16(7-24-28)13(2)25-12/h5-7,9,12,25H,2,8,10-11H2,1,3-4H3/t12-/m1/s1. The van der Waals surface area contributed by atoms with Crippen molar-refractivity contribution in [3.05, 3.63) is 48.2 Å². The van der Waals surface area contributed by atoms with Gasteiger partial charge in [0, 0.05) is 11.3 Å². The molecule has 0 aliphatic carbocycles. The summed E-state index contributed by atoms with van der Waals surface area (Å²) in [5.41, 5.74) is 2.43. The van der Waals surface area contributed by atoms with Gasteiger partial charge in [-0.3, -0.25) is 0 Å². The molecule has 3 aromatic heterocycles. The van der Waals surface area contributed by atoms with Crippen LogP contribution in [0.3, 0.4) is 0 Å². The Morgan fingerprint density at radius 3 is 2.97 bits per heavy atom. The van der Waals surface area contributed by atoms with Gasteiger partial charge in [-0.05, 0) is 26.8 Å². The van der Waals surface area contributed by atoms with Crippen LogP contribution >= 0.6 is 0 Å². The minimum atomic E-state index is -0.408. The molecule has 30 heavy (non-hydrogen) atoms. The minimum Gasteiger partial charge on any atom is -0.486 e. The molecule has 0 saturated heterocycles. The highest BCUT2D eigenvalue weighted by molar-refractivity contribution is 5.75. The lowest BCUT2D eigenvalue weighted by atomic mass is 10.0. The first-order valence-corrected chi connectivity index (χ1v) is 9.84. The zero-order valence-corrected chi connectivity index (χ0v) is 17.1. The highest BCUT2D eigenvalue weighted by atomic mass is 19.1. The summed E-state index contributed by atoms with van der Waals surface area (Å²) in [4.78, 5) is 11.2. The van der Waals surface area contributed by atoms with E-state index in [1.165, 1.54) is 12.3 Å². The zero-order chi connectivity index (χ0) is 21.0. The van der Waals surface area contributed by atoms with Gasteiger partial charge in [0.2, 0.25) is 5.88 Å². The van der Waals surface area contributed by atoms with Crippen LogP contribution in [0.25, 0.3) is 11.3 Å². The Kier molecular flexibility index (Phi) is 4.09. The predicted molar refractivity (Wildman–Crippen MR) is 110 cm³/mol. The monoisotopic (exact) mass is 410 g/mol. The summed E-state index contributed by atoms with van der Waals surface area (Å²) in [7, 11) is 0. The van der Waals surface area contributed by atoms with Crippen molar-refractivity contribution in [3.8, 4) is 11.6 Å². The number of anilines is 1. The van der Waals surface area contributed by atoms with E-state index in [1.54, 1.807) is 10.7 Å². The van der Waals surface area contributed by atoms with Crippen molar-refractivity contribution < 1.29 is 13.9 Å². The number of nitrogens with one attached hydrogen (secondary N) is 1. The van der Waals surface area contributed by atoms with Crippen LogP contribution in [0.4, 0.5) is 10.2 Å². The minimum absolute atomic E-state index is 0.0572. The predicted octanol–water partition coefficient (Wildman–Crippen LogP) is 2.78. The quantitative estimate of drug-likeness (QED) is 0.611. The van der Waals surface area contributed by atoms with Gasteiger partial charge in [-0.2, -0.15) is 5.10 Å². The van der Waals surface area contributed by atoms with Crippen LogP contribution in [0.5, 0.6) is 11.6 Å². The Morgan fingerprint density at radius 1 is 1.30 bits per heavy atom. The van der Waals surface area contributed by atoms with Crippen molar-refractivity contribution in [1.29, 1.82) is 0 Å². The number of aromatic nitrogens is 4. The third kappa shape index (κ3) is 3.01. The molecule has 0 aromatic carbocycles. The third-order valence-corrected chi connectivity index (χ3v) is 5.44. The van der Waals surface area contributed by atoms with Gasteiger partial charge in [0.25, 0.3) is 0 Å². The van der Waals surface area contributed by atoms with E-state index in [9.17, 15) is 4.39 Å². The molecule has 1 N–H and O–H groups in total. The SMILES string of the molecule is C=C1N[C@H](C)COc2ncc(F)cc2CN2c3nc4c1cnn4cc3OCC2(C)C. The lowest BCUT2D eigenvalue weighted by Gasteiger charge is -2.43. The number of ether oxygens (including phenoxy) is 2. The maximum atomic E-state index is 14.1. The van der Waals surface area contributed by atoms with Gasteiger partial charge in [0.1, 0.15) is 19.0 Å². The molecule has 9 heteroatoms. The van der Waals surface area contributed by atoms with Gasteiger partial charge in [-0.1, -0.05) is 6.58 Å². The lowest BCUT2D eigenvalue weighted by molar-refractivity contribution is 0.206. The first-order valence-electron chi connectivity index (χ1n) is 9.84. The van der Waals surface area contributed by atoms with Gasteiger partial charge in [-0.25, -0.2) is 18.9 Å². The molecule has 0 fully saturated rings. The molecular weight excluding hydrogens is 387 g/mol. The van der Waals surface area contributed by atoms with Gasteiger partial charge >= 0.3 is 0 Å². The van der Waals surface area contributed by atoms with E-state index in [4.69, 9.17) is 14.5 Å². The van der Waals surface area contributed by atoms with Crippen LogP contribution in [0.1, 0.15) is 31.9 Å². The highest BCUT2D eigenvalue weighted by Crippen LogP contribution is 2.39. The second-order valence-corrected chi connectivity index (χ2v) is 8.40. The Labute approximate surface area is 173 Å². The van der Waals surface area contributed by atoms with E-state index in [2.05, 4.69) is 40.7 Å². The Balaban J connectivity index is 1.73. The number of hydrogen-bond acceptors (Lipinski definition) is 7. The lowest BCUT2D eigenvalue weighted by Crippen LogP contribution is -2.51. The van der Waals surface area contributed by atoms with E-state index < -0.39 is 5.82 Å². The molecule has 0 amide bonds. The van der Waals surface area contributed by atoms with Crippen LogP contribution in [0, 0.1) is 5.82 Å². The van der Waals surface area contributed by atoms with E-state index in [0.717, 1.165) is 5.56 Å². The molecule has 0 spiro atoms.